The summed E-state index contributed by atoms with van der Waals surface area (Å²) >= 11 is 0. The zero-order valence-electron chi connectivity index (χ0n) is 18.6. The number of carbonyl (C=O) groups is 1. The Bertz CT molecular complexity index is 827. The molecular weight excluding hydrogens is 376 g/mol. The van der Waals surface area contributed by atoms with Crippen LogP contribution < -0.4 is 14.8 Å². The molecule has 5 nitrogen and oxygen atoms in total. The lowest BCUT2D eigenvalue weighted by atomic mass is 9.83. The van der Waals surface area contributed by atoms with Crippen LogP contribution in [0.5, 0.6) is 11.6 Å². The average Bonchev–Trinajstić information content (AvgIpc) is 2.72. The molecule has 1 aromatic heterocycles. The van der Waals surface area contributed by atoms with Crippen molar-refractivity contribution in [2.24, 2.45) is 5.92 Å². The summed E-state index contributed by atoms with van der Waals surface area (Å²) in [7, 11) is 0. The molecule has 1 saturated carbocycles. The molecule has 0 radical (unpaired) electrons. The molecule has 1 heterocycles. The molecule has 162 valence electrons. The Morgan fingerprint density at radius 2 is 1.90 bits per heavy atom. The highest BCUT2D eigenvalue weighted by molar-refractivity contribution is 5.73. The summed E-state index contributed by atoms with van der Waals surface area (Å²) in [6.07, 6.45) is 7.79. The fourth-order valence-electron chi connectivity index (χ4n) is 4.17. The summed E-state index contributed by atoms with van der Waals surface area (Å²) in [4.78, 5) is 15.6. The average molecular weight is 411 g/mol. The van der Waals surface area contributed by atoms with Crippen LogP contribution in [0.4, 0.5) is 0 Å². The van der Waals surface area contributed by atoms with Crippen LogP contribution in [-0.4, -0.2) is 23.6 Å². The quantitative estimate of drug-likeness (QED) is 0.652. The zero-order valence-corrected chi connectivity index (χ0v) is 18.6. The number of benzene rings is 1. The molecular formula is C25H34N2O3. The second-order valence-electron chi connectivity index (χ2n) is 8.34. The first-order chi connectivity index (χ1) is 14.4. The molecule has 5 heteroatoms. The molecule has 1 aliphatic carbocycles. The molecule has 3 rings (SSSR count). The van der Waals surface area contributed by atoms with E-state index in [1.165, 1.54) is 30.9 Å². The predicted octanol–water partition coefficient (Wildman–Crippen LogP) is 5.17. The standard InChI is InChI=1S/C25H34N2O3/c1-5-29-25-15-22(17(2)16-26-25)14-20-6-10-23(11-7-20)30-24-12-8-21(9-13-24)18(3)27-19(4)28/h8-9,12-13,15-16,18,20,23H,5-7,10-11,14H2,1-4H3,(H,27,28). The number of pyridine rings is 1. The first-order valence-corrected chi connectivity index (χ1v) is 11.1. The van der Waals surface area contributed by atoms with Crippen molar-refractivity contribution in [3.8, 4) is 11.6 Å². The summed E-state index contributed by atoms with van der Waals surface area (Å²) in [6, 6.07) is 10.2. The molecule has 0 bridgehead atoms. The fourth-order valence-corrected chi connectivity index (χ4v) is 4.17. The maximum atomic E-state index is 11.2. The van der Waals surface area contributed by atoms with Crippen molar-refractivity contribution in [2.75, 3.05) is 6.61 Å². The van der Waals surface area contributed by atoms with E-state index < -0.39 is 0 Å². The molecule has 30 heavy (non-hydrogen) atoms. The van der Waals surface area contributed by atoms with E-state index in [0.717, 1.165) is 36.5 Å². The molecule has 2 aromatic rings. The second kappa shape index (κ2) is 10.5. The van der Waals surface area contributed by atoms with Gasteiger partial charge in [-0.1, -0.05) is 12.1 Å². The number of nitrogens with zero attached hydrogens (tertiary/aromatic N) is 1. The summed E-state index contributed by atoms with van der Waals surface area (Å²) < 4.78 is 11.8. The molecule has 1 aliphatic rings. The topological polar surface area (TPSA) is 60.5 Å². The van der Waals surface area contributed by atoms with Crippen molar-refractivity contribution in [2.45, 2.75) is 71.9 Å². The molecule has 1 amide bonds. The highest BCUT2D eigenvalue weighted by Crippen LogP contribution is 2.31. The number of aryl methyl sites for hydroxylation is 1. The van der Waals surface area contributed by atoms with E-state index in [1.54, 1.807) is 0 Å². The summed E-state index contributed by atoms with van der Waals surface area (Å²) in [5.74, 6) is 2.30. The van der Waals surface area contributed by atoms with Gasteiger partial charge in [0, 0.05) is 19.2 Å². The van der Waals surface area contributed by atoms with Gasteiger partial charge in [-0.25, -0.2) is 4.98 Å². The number of ether oxygens (including phenoxy) is 2. The van der Waals surface area contributed by atoms with Crippen LogP contribution in [0.15, 0.2) is 36.5 Å². The third-order valence-electron chi connectivity index (χ3n) is 5.89. The number of nitrogens with one attached hydrogen (secondary N) is 1. The van der Waals surface area contributed by atoms with Crippen molar-refractivity contribution in [1.82, 2.24) is 10.3 Å². The Kier molecular flexibility index (Phi) is 7.72. The van der Waals surface area contributed by atoms with E-state index in [2.05, 4.69) is 23.3 Å². The Hall–Kier alpha value is -2.56. The molecule has 1 unspecified atom stereocenters. The van der Waals surface area contributed by atoms with Gasteiger partial charge in [0.25, 0.3) is 0 Å². The molecule has 0 aliphatic heterocycles. The Balaban J connectivity index is 1.49. The number of hydrogen-bond acceptors (Lipinski definition) is 4. The van der Waals surface area contributed by atoms with Crippen molar-refractivity contribution in [3.05, 3.63) is 53.2 Å². The van der Waals surface area contributed by atoms with Gasteiger partial charge in [0.15, 0.2) is 0 Å². The van der Waals surface area contributed by atoms with Crippen LogP contribution in [0.3, 0.4) is 0 Å². The van der Waals surface area contributed by atoms with Gasteiger partial charge in [0.2, 0.25) is 11.8 Å². The minimum absolute atomic E-state index is 0.00637. The van der Waals surface area contributed by atoms with E-state index in [9.17, 15) is 4.79 Å². The van der Waals surface area contributed by atoms with E-state index in [0.29, 0.717) is 12.5 Å². The maximum Gasteiger partial charge on any atom is 0.217 e. The minimum Gasteiger partial charge on any atom is -0.490 e. The molecule has 1 fully saturated rings. The lowest BCUT2D eigenvalue weighted by Crippen LogP contribution is -2.25. The number of hydrogen-bond donors (Lipinski definition) is 1. The van der Waals surface area contributed by atoms with Crippen LogP contribution in [-0.2, 0) is 11.2 Å². The third-order valence-corrected chi connectivity index (χ3v) is 5.89. The summed E-state index contributed by atoms with van der Waals surface area (Å²) in [5.41, 5.74) is 3.67. The second-order valence-corrected chi connectivity index (χ2v) is 8.34. The van der Waals surface area contributed by atoms with Gasteiger partial charge in [-0.3, -0.25) is 4.79 Å². The predicted molar refractivity (Wildman–Crippen MR) is 119 cm³/mol. The van der Waals surface area contributed by atoms with Crippen molar-refractivity contribution in [1.29, 1.82) is 0 Å². The van der Waals surface area contributed by atoms with Gasteiger partial charge < -0.3 is 14.8 Å². The van der Waals surface area contributed by atoms with Crippen molar-refractivity contribution in [3.63, 3.8) is 0 Å². The van der Waals surface area contributed by atoms with E-state index in [1.807, 2.05) is 44.3 Å². The largest absolute Gasteiger partial charge is 0.490 e. The smallest absolute Gasteiger partial charge is 0.217 e. The normalized spacial score (nSPS) is 19.7. The van der Waals surface area contributed by atoms with Gasteiger partial charge in [-0.05, 0) is 87.6 Å². The number of rotatable bonds is 8. The van der Waals surface area contributed by atoms with E-state index in [4.69, 9.17) is 9.47 Å². The summed E-state index contributed by atoms with van der Waals surface area (Å²) in [6.45, 7) is 8.28. The molecule has 0 spiro atoms. The minimum atomic E-state index is -0.0179. The Labute approximate surface area is 180 Å². The molecule has 1 aromatic carbocycles. The van der Waals surface area contributed by atoms with Gasteiger partial charge in [0.05, 0.1) is 18.8 Å². The van der Waals surface area contributed by atoms with Crippen LogP contribution in [0.1, 0.15) is 69.2 Å². The van der Waals surface area contributed by atoms with E-state index in [-0.39, 0.29) is 18.1 Å². The third kappa shape index (κ3) is 6.22. The van der Waals surface area contributed by atoms with Crippen molar-refractivity contribution >= 4 is 5.91 Å². The van der Waals surface area contributed by atoms with Crippen molar-refractivity contribution < 1.29 is 14.3 Å². The lowest BCUT2D eigenvalue weighted by Gasteiger charge is -2.29. The van der Waals surface area contributed by atoms with Gasteiger partial charge in [0.1, 0.15) is 5.75 Å². The lowest BCUT2D eigenvalue weighted by molar-refractivity contribution is -0.119. The number of amides is 1. The molecule has 0 saturated heterocycles. The summed E-state index contributed by atoms with van der Waals surface area (Å²) in [5, 5.41) is 2.91. The number of carbonyl (C=O) groups excluding carboxylic acids is 1. The van der Waals surface area contributed by atoms with Gasteiger partial charge in [-0.2, -0.15) is 0 Å². The molecule has 1 atom stereocenters. The van der Waals surface area contributed by atoms with Crippen LogP contribution in [0.2, 0.25) is 0 Å². The fraction of sp³-hybridized carbons (Fsp3) is 0.520. The van der Waals surface area contributed by atoms with Crippen LogP contribution in [0.25, 0.3) is 0 Å². The highest BCUT2D eigenvalue weighted by atomic mass is 16.5. The Morgan fingerprint density at radius 3 is 2.53 bits per heavy atom. The van der Waals surface area contributed by atoms with Gasteiger partial charge >= 0.3 is 0 Å². The van der Waals surface area contributed by atoms with Crippen LogP contribution in [0, 0.1) is 12.8 Å². The SMILES string of the molecule is CCOc1cc(CC2CCC(Oc3ccc(C(C)NC(C)=O)cc3)CC2)c(C)cn1. The maximum absolute atomic E-state index is 11.2. The van der Waals surface area contributed by atoms with E-state index >= 15 is 0 Å². The molecule has 1 N–H and O–H groups in total. The monoisotopic (exact) mass is 410 g/mol. The van der Waals surface area contributed by atoms with Crippen LogP contribution >= 0.6 is 0 Å². The zero-order chi connectivity index (χ0) is 21.5. The Morgan fingerprint density at radius 1 is 1.20 bits per heavy atom. The first kappa shape index (κ1) is 22.1. The number of aromatic nitrogens is 1. The highest BCUT2D eigenvalue weighted by Gasteiger charge is 2.23. The van der Waals surface area contributed by atoms with Gasteiger partial charge in [-0.15, -0.1) is 0 Å². The first-order valence-electron chi connectivity index (χ1n) is 11.1.